The molecule has 29 heavy (non-hydrogen) atoms. The number of ether oxygens (including phenoxy) is 2. The average molecular weight is 437 g/mol. The van der Waals surface area contributed by atoms with E-state index in [0.717, 1.165) is 25.7 Å². The Morgan fingerprint density at radius 2 is 1.79 bits per heavy atom. The van der Waals surface area contributed by atoms with Crippen molar-refractivity contribution < 1.29 is 19.1 Å². The molecule has 3 saturated carbocycles. The first-order valence-electron chi connectivity index (χ1n) is 11.1. The van der Waals surface area contributed by atoms with Crippen LogP contribution >= 0.6 is 21.6 Å². The SMILES string of the molecule is CC(=O)O[C@H]1CC[C@H]2[C@@H]3CC=C4[C@@H]5SS[C@@H](C[C@H]5OC(C)=O)[C@]4(C)[C@H]3CC[C@]12C. The van der Waals surface area contributed by atoms with Crippen LogP contribution in [0.15, 0.2) is 11.6 Å². The Hall–Kier alpha value is -0.620. The summed E-state index contributed by atoms with van der Waals surface area (Å²) in [5.41, 5.74) is 1.90. The lowest BCUT2D eigenvalue weighted by Crippen LogP contribution is -2.60. The van der Waals surface area contributed by atoms with Gasteiger partial charge in [-0.2, -0.15) is 0 Å². The van der Waals surface area contributed by atoms with Gasteiger partial charge in [0, 0.05) is 29.9 Å². The highest BCUT2D eigenvalue weighted by molar-refractivity contribution is 8.77. The molecular formula is C23H32O4S2. The monoisotopic (exact) mass is 436 g/mol. The van der Waals surface area contributed by atoms with E-state index in [1.807, 2.05) is 21.6 Å². The quantitative estimate of drug-likeness (QED) is 0.338. The van der Waals surface area contributed by atoms with Gasteiger partial charge < -0.3 is 9.47 Å². The third-order valence-corrected chi connectivity index (χ3v) is 12.5. The van der Waals surface area contributed by atoms with Crippen molar-refractivity contribution in [3.05, 3.63) is 11.6 Å². The van der Waals surface area contributed by atoms with Crippen LogP contribution in [0.4, 0.5) is 0 Å². The van der Waals surface area contributed by atoms with Crippen molar-refractivity contribution in [2.45, 2.75) is 88.9 Å². The number of carbonyl (C=O) groups excluding carboxylic acids is 2. The van der Waals surface area contributed by atoms with Gasteiger partial charge >= 0.3 is 11.9 Å². The lowest BCUT2D eigenvalue weighted by Gasteiger charge is -2.63. The van der Waals surface area contributed by atoms with Crippen LogP contribution in [-0.4, -0.2) is 34.6 Å². The molecule has 0 radical (unpaired) electrons. The first-order chi connectivity index (χ1) is 13.7. The van der Waals surface area contributed by atoms with Gasteiger partial charge in [-0.3, -0.25) is 9.59 Å². The van der Waals surface area contributed by atoms with Crippen LogP contribution in [0.3, 0.4) is 0 Å². The van der Waals surface area contributed by atoms with E-state index in [1.54, 1.807) is 12.5 Å². The zero-order chi connectivity index (χ0) is 20.6. The summed E-state index contributed by atoms with van der Waals surface area (Å²) in [5.74, 6) is 1.73. The van der Waals surface area contributed by atoms with E-state index in [9.17, 15) is 9.59 Å². The number of esters is 2. The van der Waals surface area contributed by atoms with Crippen LogP contribution in [0.1, 0.15) is 66.2 Å². The maximum atomic E-state index is 11.7. The minimum atomic E-state index is -0.153. The molecule has 6 rings (SSSR count). The number of allylic oxidation sites excluding steroid dienone is 1. The lowest BCUT2D eigenvalue weighted by molar-refractivity contribution is -0.156. The molecule has 2 bridgehead atoms. The number of rotatable bonds is 2. The Morgan fingerprint density at radius 1 is 1.03 bits per heavy atom. The Balaban J connectivity index is 1.45. The highest BCUT2D eigenvalue weighted by Crippen LogP contribution is 2.71. The van der Waals surface area contributed by atoms with Gasteiger partial charge in [-0.25, -0.2) is 0 Å². The summed E-state index contributed by atoms with van der Waals surface area (Å²) >= 11 is 0. The number of hydrogen-bond acceptors (Lipinski definition) is 6. The zero-order valence-corrected chi connectivity index (χ0v) is 19.4. The fraction of sp³-hybridized carbons (Fsp3) is 0.826. The summed E-state index contributed by atoms with van der Waals surface area (Å²) in [6.45, 7) is 7.97. The van der Waals surface area contributed by atoms with E-state index in [-0.39, 0.29) is 35.0 Å². The van der Waals surface area contributed by atoms with Crippen molar-refractivity contribution in [1.82, 2.24) is 0 Å². The highest BCUT2D eigenvalue weighted by atomic mass is 33.1. The Labute approximate surface area is 181 Å². The van der Waals surface area contributed by atoms with Crippen molar-refractivity contribution in [1.29, 1.82) is 0 Å². The molecule has 6 aliphatic rings. The predicted octanol–water partition coefficient (Wildman–Crippen LogP) is 5.16. The van der Waals surface area contributed by atoms with Crippen molar-refractivity contribution in [3.8, 4) is 0 Å². The van der Waals surface area contributed by atoms with E-state index < -0.39 is 0 Å². The first kappa shape index (κ1) is 20.3. The predicted molar refractivity (Wildman–Crippen MR) is 116 cm³/mol. The Morgan fingerprint density at radius 3 is 2.52 bits per heavy atom. The van der Waals surface area contributed by atoms with E-state index in [0.29, 0.717) is 28.3 Å². The molecular weight excluding hydrogens is 404 g/mol. The van der Waals surface area contributed by atoms with Gasteiger partial charge in [0.15, 0.2) is 0 Å². The molecule has 9 atom stereocenters. The van der Waals surface area contributed by atoms with Crippen molar-refractivity contribution in [2.75, 3.05) is 0 Å². The summed E-state index contributed by atoms with van der Waals surface area (Å²) in [7, 11) is 3.96. The minimum absolute atomic E-state index is 0.0355. The molecule has 0 spiro atoms. The van der Waals surface area contributed by atoms with Gasteiger partial charge in [0.05, 0.1) is 5.25 Å². The molecule has 5 fully saturated rings. The average Bonchev–Trinajstić information content (AvgIpc) is 2.98. The fourth-order valence-electron chi connectivity index (χ4n) is 7.73. The van der Waals surface area contributed by atoms with Crippen LogP contribution in [0.5, 0.6) is 0 Å². The van der Waals surface area contributed by atoms with Crippen molar-refractivity contribution in [3.63, 3.8) is 0 Å². The third-order valence-electron chi connectivity index (χ3n) is 9.01. The normalized spacial score (nSPS) is 50.1. The Kier molecular flexibility index (Phi) is 4.86. The molecule has 2 heterocycles. The summed E-state index contributed by atoms with van der Waals surface area (Å²) < 4.78 is 11.5. The topological polar surface area (TPSA) is 52.6 Å². The van der Waals surface area contributed by atoms with E-state index in [1.165, 1.54) is 19.8 Å². The lowest BCUT2D eigenvalue weighted by atomic mass is 9.47. The van der Waals surface area contributed by atoms with Gasteiger partial charge in [-0.1, -0.05) is 41.5 Å². The largest absolute Gasteiger partial charge is 0.462 e. The van der Waals surface area contributed by atoms with Gasteiger partial charge in [-0.05, 0) is 61.9 Å². The smallest absolute Gasteiger partial charge is 0.302 e. The molecule has 2 aliphatic heterocycles. The van der Waals surface area contributed by atoms with Crippen LogP contribution < -0.4 is 0 Å². The molecule has 0 aromatic rings. The molecule has 6 heteroatoms. The molecule has 0 unspecified atom stereocenters. The van der Waals surface area contributed by atoms with Crippen LogP contribution in [0.2, 0.25) is 0 Å². The van der Waals surface area contributed by atoms with E-state index in [4.69, 9.17) is 9.47 Å². The highest BCUT2D eigenvalue weighted by Gasteiger charge is 2.64. The fourth-order valence-corrected chi connectivity index (χ4v) is 11.8. The number of fused-ring (bicyclic) bond motifs is 5. The molecule has 160 valence electrons. The van der Waals surface area contributed by atoms with E-state index in [2.05, 4.69) is 19.9 Å². The maximum Gasteiger partial charge on any atom is 0.302 e. The minimum Gasteiger partial charge on any atom is -0.462 e. The van der Waals surface area contributed by atoms with Gasteiger partial charge in [0.2, 0.25) is 0 Å². The summed E-state index contributed by atoms with van der Waals surface area (Å²) in [6, 6.07) is 0. The first-order valence-corrected chi connectivity index (χ1v) is 13.4. The molecule has 2 saturated heterocycles. The van der Waals surface area contributed by atoms with Crippen LogP contribution in [0.25, 0.3) is 0 Å². The van der Waals surface area contributed by atoms with Crippen molar-refractivity contribution >= 4 is 33.5 Å². The summed E-state index contributed by atoms with van der Waals surface area (Å²) in [6.07, 6.45) is 9.33. The van der Waals surface area contributed by atoms with Crippen LogP contribution in [-0.2, 0) is 19.1 Å². The number of carbonyl (C=O) groups is 2. The maximum absolute atomic E-state index is 11.7. The molecule has 0 aromatic heterocycles. The summed E-state index contributed by atoms with van der Waals surface area (Å²) in [4.78, 5) is 23.3. The van der Waals surface area contributed by atoms with Gasteiger partial charge in [0.1, 0.15) is 12.2 Å². The second-order valence-electron chi connectivity index (χ2n) is 10.3. The Bertz CT molecular complexity index is 766. The van der Waals surface area contributed by atoms with Crippen molar-refractivity contribution in [2.24, 2.45) is 28.6 Å². The second-order valence-corrected chi connectivity index (χ2v) is 12.9. The van der Waals surface area contributed by atoms with Crippen LogP contribution in [0, 0.1) is 28.6 Å². The number of hydrogen-bond donors (Lipinski definition) is 0. The van der Waals surface area contributed by atoms with Gasteiger partial charge in [-0.15, -0.1) is 0 Å². The zero-order valence-electron chi connectivity index (χ0n) is 17.8. The third kappa shape index (κ3) is 2.87. The van der Waals surface area contributed by atoms with E-state index >= 15 is 0 Å². The molecule has 4 nitrogen and oxygen atoms in total. The summed E-state index contributed by atoms with van der Waals surface area (Å²) in [5, 5.41) is 0.821. The molecule has 0 amide bonds. The standard InChI is InChI=1S/C23H32O4S2/c1-12(24)26-18-11-20-23(4)16-9-10-22(3)15(7-8-19(22)27-13(2)25)14(16)5-6-17(23)21(18)29-28-20/h6,14-16,18-21H,5,7-11H2,1-4H3/t14-,15-,16-,18+,19-,20-,21-,22-,23+/m0/s1. The second kappa shape index (κ2) is 6.94. The molecule has 0 aromatic carbocycles. The molecule has 4 aliphatic carbocycles. The molecule has 0 N–H and O–H groups in total. The van der Waals surface area contributed by atoms with Gasteiger partial charge in [0.25, 0.3) is 0 Å².